The number of hydrogen-bond donors (Lipinski definition) is 1. The normalized spacial score (nSPS) is 9.21. The summed E-state index contributed by atoms with van der Waals surface area (Å²) in [6.07, 6.45) is 0. The van der Waals surface area contributed by atoms with E-state index in [4.69, 9.17) is 11.6 Å². The molecule has 0 saturated heterocycles. The molecular formula is C10H8ClNO2. The van der Waals surface area contributed by atoms with Crippen molar-refractivity contribution in [1.82, 2.24) is 5.32 Å². The first kappa shape index (κ1) is 10.5. The lowest BCUT2D eigenvalue weighted by Crippen LogP contribution is -2.30. The molecule has 0 heterocycles. The minimum Gasteiger partial charge on any atom is -0.287 e. The minimum atomic E-state index is -0.680. The van der Waals surface area contributed by atoms with E-state index in [2.05, 4.69) is 11.9 Å². The average Bonchev–Trinajstić information content (AvgIpc) is 2.19. The van der Waals surface area contributed by atoms with Gasteiger partial charge in [-0.3, -0.25) is 14.9 Å². The average molecular weight is 210 g/mol. The molecule has 0 unspecified atom stereocenters. The molecule has 72 valence electrons. The predicted molar refractivity (Wildman–Crippen MR) is 53.9 cm³/mol. The van der Waals surface area contributed by atoms with E-state index in [0.29, 0.717) is 5.56 Å². The molecule has 0 atom stereocenters. The quantitative estimate of drug-likeness (QED) is 0.754. The zero-order chi connectivity index (χ0) is 10.6. The number of hydrogen-bond acceptors (Lipinski definition) is 2. The highest BCUT2D eigenvalue weighted by Gasteiger charge is 2.10. The largest absolute Gasteiger partial charge is 0.287 e. The number of carbonyl (C=O) groups is 2. The van der Waals surface area contributed by atoms with Gasteiger partial charge in [-0.2, -0.15) is 0 Å². The van der Waals surface area contributed by atoms with E-state index < -0.39 is 11.8 Å². The molecular weight excluding hydrogens is 202 g/mol. The smallest absolute Gasteiger partial charge is 0.268 e. The van der Waals surface area contributed by atoms with Crippen LogP contribution in [0.5, 0.6) is 0 Å². The maximum Gasteiger partial charge on any atom is 0.268 e. The maximum absolute atomic E-state index is 11.3. The van der Waals surface area contributed by atoms with Gasteiger partial charge in [-0.15, -0.1) is 0 Å². The highest BCUT2D eigenvalue weighted by molar-refractivity contribution is 6.42. The van der Waals surface area contributed by atoms with Gasteiger partial charge < -0.3 is 0 Å². The van der Waals surface area contributed by atoms with Gasteiger partial charge in [0.2, 0.25) is 0 Å². The monoisotopic (exact) mass is 209 g/mol. The lowest BCUT2D eigenvalue weighted by Gasteiger charge is -2.01. The second-order valence-corrected chi connectivity index (χ2v) is 3.01. The Labute approximate surface area is 86.4 Å². The van der Waals surface area contributed by atoms with E-state index in [1.54, 1.807) is 30.3 Å². The highest BCUT2D eigenvalue weighted by atomic mass is 35.5. The van der Waals surface area contributed by atoms with Crippen LogP contribution in [0.25, 0.3) is 0 Å². The molecule has 14 heavy (non-hydrogen) atoms. The first-order chi connectivity index (χ1) is 6.61. The molecule has 0 aliphatic heterocycles. The van der Waals surface area contributed by atoms with E-state index in [1.807, 2.05) is 0 Å². The van der Waals surface area contributed by atoms with E-state index in [0.717, 1.165) is 0 Å². The number of imide groups is 1. The van der Waals surface area contributed by atoms with Crippen LogP contribution in [0.2, 0.25) is 0 Å². The van der Waals surface area contributed by atoms with Crippen molar-refractivity contribution in [2.24, 2.45) is 0 Å². The zero-order valence-electron chi connectivity index (χ0n) is 7.29. The molecule has 1 aromatic carbocycles. The Balaban J connectivity index is 2.69. The van der Waals surface area contributed by atoms with Crippen LogP contribution in [0, 0.1) is 0 Å². The van der Waals surface area contributed by atoms with Crippen LogP contribution in [-0.4, -0.2) is 11.8 Å². The van der Waals surface area contributed by atoms with Gasteiger partial charge in [0.05, 0.1) is 5.03 Å². The molecule has 0 aromatic heterocycles. The van der Waals surface area contributed by atoms with Crippen LogP contribution in [0.3, 0.4) is 0 Å². The summed E-state index contributed by atoms with van der Waals surface area (Å²) in [5.74, 6) is -1.17. The standard InChI is InChI=1S/C10H8ClNO2/c1-7(11)9(13)12-10(14)8-5-3-2-4-6-8/h2-6H,1H2,(H,12,13,14). The number of nitrogens with one attached hydrogen (secondary N) is 1. The van der Waals surface area contributed by atoms with E-state index >= 15 is 0 Å². The fourth-order valence-electron chi connectivity index (χ4n) is 0.833. The number of rotatable bonds is 2. The first-order valence-electron chi connectivity index (χ1n) is 3.86. The molecule has 0 saturated carbocycles. The minimum absolute atomic E-state index is 0.214. The Hall–Kier alpha value is -1.61. The summed E-state index contributed by atoms with van der Waals surface area (Å²) in [6.45, 7) is 3.20. The Morgan fingerprint density at radius 3 is 2.29 bits per heavy atom. The molecule has 0 radical (unpaired) electrons. The van der Waals surface area contributed by atoms with Crippen molar-refractivity contribution in [2.75, 3.05) is 0 Å². The third-order valence-electron chi connectivity index (χ3n) is 1.51. The summed E-state index contributed by atoms with van der Waals surface area (Å²) in [5, 5.41) is 1.87. The zero-order valence-corrected chi connectivity index (χ0v) is 8.04. The van der Waals surface area contributed by atoms with Gasteiger partial charge in [-0.05, 0) is 12.1 Å². The van der Waals surface area contributed by atoms with E-state index in [1.165, 1.54) is 0 Å². The molecule has 0 fully saturated rings. The molecule has 1 N–H and O–H groups in total. The van der Waals surface area contributed by atoms with Crippen molar-refractivity contribution in [1.29, 1.82) is 0 Å². The van der Waals surface area contributed by atoms with E-state index in [-0.39, 0.29) is 5.03 Å². The van der Waals surface area contributed by atoms with Crippen LogP contribution in [-0.2, 0) is 4.79 Å². The summed E-state index contributed by atoms with van der Waals surface area (Å²) >= 11 is 5.30. The van der Waals surface area contributed by atoms with Gasteiger partial charge in [0.1, 0.15) is 0 Å². The van der Waals surface area contributed by atoms with Crippen LogP contribution in [0.1, 0.15) is 10.4 Å². The van der Waals surface area contributed by atoms with E-state index in [9.17, 15) is 9.59 Å². The van der Waals surface area contributed by atoms with Gasteiger partial charge in [0.25, 0.3) is 11.8 Å². The fourth-order valence-corrected chi connectivity index (χ4v) is 0.880. The SMILES string of the molecule is C=C(Cl)C(=O)NC(=O)c1ccccc1. The third-order valence-corrected chi connectivity index (χ3v) is 1.68. The molecule has 1 aromatic rings. The van der Waals surface area contributed by atoms with Gasteiger partial charge in [0, 0.05) is 5.56 Å². The first-order valence-corrected chi connectivity index (χ1v) is 4.24. The third kappa shape index (κ3) is 2.71. The summed E-state index contributed by atoms with van der Waals surface area (Å²) in [4.78, 5) is 22.3. The van der Waals surface area contributed by atoms with Crippen LogP contribution in [0.15, 0.2) is 41.9 Å². The second kappa shape index (κ2) is 4.58. The number of carbonyl (C=O) groups excluding carboxylic acids is 2. The lowest BCUT2D eigenvalue weighted by atomic mass is 10.2. The van der Waals surface area contributed by atoms with Crippen LogP contribution >= 0.6 is 11.6 Å². The summed E-state index contributed by atoms with van der Waals surface area (Å²) < 4.78 is 0. The Bertz CT molecular complexity index is 373. The molecule has 2 amide bonds. The molecule has 0 aliphatic carbocycles. The number of benzene rings is 1. The summed E-state index contributed by atoms with van der Waals surface area (Å²) in [7, 11) is 0. The lowest BCUT2D eigenvalue weighted by molar-refractivity contribution is -0.115. The van der Waals surface area contributed by atoms with Crippen molar-refractivity contribution < 1.29 is 9.59 Å². The van der Waals surface area contributed by atoms with Crippen LogP contribution < -0.4 is 5.32 Å². The molecule has 0 bridgehead atoms. The fraction of sp³-hybridized carbons (Fsp3) is 0. The van der Waals surface area contributed by atoms with Gasteiger partial charge in [0.15, 0.2) is 0 Å². The Morgan fingerprint density at radius 2 is 1.79 bits per heavy atom. The van der Waals surface area contributed by atoms with Crippen molar-refractivity contribution in [3.8, 4) is 0 Å². The molecule has 3 nitrogen and oxygen atoms in total. The van der Waals surface area contributed by atoms with Gasteiger partial charge in [-0.1, -0.05) is 36.4 Å². The van der Waals surface area contributed by atoms with Crippen molar-refractivity contribution >= 4 is 23.4 Å². The number of halogens is 1. The molecule has 0 spiro atoms. The van der Waals surface area contributed by atoms with Crippen molar-refractivity contribution in [3.63, 3.8) is 0 Å². The summed E-state index contributed by atoms with van der Waals surface area (Å²) in [6, 6.07) is 8.38. The predicted octanol–water partition coefficient (Wildman–Crippen LogP) is 1.70. The molecule has 4 heteroatoms. The second-order valence-electron chi connectivity index (χ2n) is 2.55. The highest BCUT2D eigenvalue weighted by Crippen LogP contribution is 2.00. The van der Waals surface area contributed by atoms with Crippen molar-refractivity contribution in [2.45, 2.75) is 0 Å². The maximum atomic E-state index is 11.3. The Morgan fingerprint density at radius 1 is 1.21 bits per heavy atom. The topological polar surface area (TPSA) is 46.2 Å². The van der Waals surface area contributed by atoms with Crippen molar-refractivity contribution in [3.05, 3.63) is 47.5 Å². The molecule has 1 rings (SSSR count). The Kier molecular flexibility index (Phi) is 3.42. The van der Waals surface area contributed by atoms with Crippen LogP contribution in [0.4, 0.5) is 0 Å². The van der Waals surface area contributed by atoms with Gasteiger partial charge >= 0.3 is 0 Å². The summed E-state index contributed by atoms with van der Waals surface area (Å²) in [5.41, 5.74) is 0.402. The molecule has 0 aliphatic rings. The number of amides is 2. The van der Waals surface area contributed by atoms with Gasteiger partial charge in [-0.25, -0.2) is 0 Å².